The molecule has 2 unspecified atom stereocenters. The second-order valence-corrected chi connectivity index (χ2v) is 9.37. The average molecular weight is 465 g/mol. The van der Waals surface area contributed by atoms with Gasteiger partial charge < -0.3 is 10.2 Å². The lowest BCUT2D eigenvalue weighted by Crippen LogP contribution is -2.41. The van der Waals surface area contributed by atoms with Crippen LogP contribution in [0.25, 0.3) is 10.6 Å². The SMILES string of the molecule is CSN1CCC(Nc2ncc(F)c(-c3sc(CN(C)C)nc3C(F)(F)F)n2)CC1C. The maximum atomic E-state index is 14.5. The molecule has 0 spiro atoms. The summed E-state index contributed by atoms with van der Waals surface area (Å²) in [6, 6.07) is 0.396. The first-order valence-corrected chi connectivity index (χ1v) is 11.4. The Bertz CT molecular complexity index is 873. The van der Waals surface area contributed by atoms with Gasteiger partial charge in [0.25, 0.3) is 0 Å². The first-order chi connectivity index (χ1) is 14.1. The fourth-order valence-electron chi connectivity index (χ4n) is 3.39. The van der Waals surface area contributed by atoms with E-state index in [2.05, 4.69) is 31.5 Å². The molecule has 1 saturated heterocycles. The second kappa shape index (κ2) is 9.33. The van der Waals surface area contributed by atoms with Crippen molar-refractivity contribution in [2.75, 3.05) is 32.2 Å². The highest BCUT2D eigenvalue weighted by Gasteiger charge is 2.39. The molecule has 6 nitrogen and oxygen atoms in total. The number of hydrogen-bond donors (Lipinski definition) is 1. The topological polar surface area (TPSA) is 57.2 Å². The average Bonchev–Trinajstić information content (AvgIpc) is 3.07. The van der Waals surface area contributed by atoms with Crippen LogP contribution in [0.15, 0.2) is 6.20 Å². The molecule has 0 aromatic carbocycles. The molecular formula is C18H24F4N6S2. The number of nitrogens with zero attached hydrogens (tertiary/aromatic N) is 5. The first-order valence-electron chi connectivity index (χ1n) is 9.40. The molecule has 0 amide bonds. The molecule has 3 heterocycles. The molecule has 0 radical (unpaired) electrons. The minimum absolute atomic E-state index is 0.0644. The molecule has 2 aromatic heterocycles. The van der Waals surface area contributed by atoms with Crippen LogP contribution >= 0.6 is 23.3 Å². The number of piperidine rings is 1. The van der Waals surface area contributed by atoms with E-state index in [0.29, 0.717) is 6.04 Å². The van der Waals surface area contributed by atoms with Crippen molar-refractivity contribution in [1.29, 1.82) is 0 Å². The molecule has 1 aliphatic heterocycles. The van der Waals surface area contributed by atoms with Gasteiger partial charge in [-0.05, 0) is 40.1 Å². The van der Waals surface area contributed by atoms with E-state index >= 15 is 0 Å². The molecule has 2 atom stereocenters. The highest BCUT2D eigenvalue weighted by atomic mass is 32.2. The Hall–Kier alpha value is -1.50. The van der Waals surface area contributed by atoms with Gasteiger partial charge in [0.1, 0.15) is 10.7 Å². The number of nitrogens with one attached hydrogen (secondary N) is 1. The molecule has 1 aliphatic rings. The van der Waals surface area contributed by atoms with Crippen molar-refractivity contribution >= 4 is 29.2 Å². The Morgan fingerprint density at radius 1 is 1.33 bits per heavy atom. The van der Waals surface area contributed by atoms with Crippen LogP contribution in [0, 0.1) is 5.82 Å². The van der Waals surface area contributed by atoms with Gasteiger partial charge in [-0.3, -0.25) is 0 Å². The van der Waals surface area contributed by atoms with Crippen LogP contribution in [0.4, 0.5) is 23.5 Å². The number of hydrogen-bond acceptors (Lipinski definition) is 8. The van der Waals surface area contributed by atoms with E-state index in [9.17, 15) is 17.6 Å². The summed E-state index contributed by atoms with van der Waals surface area (Å²) in [7, 11) is 3.45. The quantitative estimate of drug-likeness (QED) is 0.504. The Kier molecular flexibility index (Phi) is 7.20. The van der Waals surface area contributed by atoms with Crippen molar-refractivity contribution in [2.45, 2.75) is 44.6 Å². The molecule has 0 aliphatic carbocycles. The molecule has 2 aromatic rings. The van der Waals surface area contributed by atoms with Crippen molar-refractivity contribution in [3.8, 4) is 10.6 Å². The van der Waals surface area contributed by atoms with Crippen LogP contribution in [0.2, 0.25) is 0 Å². The predicted octanol–water partition coefficient (Wildman–Crippen LogP) is 4.36. The largest absolute Gasteiger partial charge is 0.434 e. The van der Waals surface area contributed by atoms with Gasteiger partial charge in [0.2, 0.25) is 5.95 Å². The normalized spacial score (nSPS) is 20.7. The summed E-state index contributed by atoms with van der Waals surface area (Å²) in [6.45, 7) is 3.20. The fraction of sp³-hybridized carbons (Fsp3) is 0.611. The van der Waals surface area contributed by atoms with Crippen LogP contribution in [0.1, 0.15) is 30.5 Å². The van der Waals surface area contributed by atoms with Crippen molar-refractivity contribution in [3.63, 3.8) is 0 Å². The Labute approximate surface area is 181 Å². The lowest BCUT2D eigenvalue weighted by Gasteiger charge is -2.36. The van der Waals surface area contributed by atoms with Crippen LogP contribution < -0.4 is 5.32 Å². The van der Waals surface area contributed by atoms with Crippen LogP contribution in [-0.4, -0.2) is 63.1 Å². The summed E-state index contributed by atoms with van der Waals surface area (Å²) in [6.07, 6.45) is -0.101. The summed E-state index contributed by atoms with van der Waals surface area (Å²) in [4.78, 5) is 13.1. The lowest BCUT2D eigenvalue weighted by molar-refractivity contribution is -0.140. The van der Waals surface area contributed by atoms with E-state index in [1.807, 2.05) is 6.26 Å². The minimum atomic E-state index is -4.71. The van der Waals surface area contributed by atoms with E-state index in [0.717, 1.165) is 36.9 Å². The molecule has 0 saturated carbocycles. The standard InChI is InChI=1S/C18H24F4N6S2/c1-10-7-11(5-6-28(10)29-4)24-17-23-8-12(19)14(26-17)15-16(18(20,21)22)25-13(30-15)9-27(2)3/h8,10-11H,5-7,9H2,1-4H3,(H,23,24,26). The fourth-order valence-corrected chi connectivity index (χ4v) is 5.31. The highest BCUT2D eigenvalue weighted by molar-refractivity contribution is 7.96. The molecular weight excluding hydrogens is 440 g/mol. The summed E-state index contributed by atoms with van der Waals surface area (Å²) < 4.78 is 57.4. The van der Waals surface area contributed by atoms with E-state index < -0.39 is 17.7 Å². The molecule has 166 valence electrons. The minimum Gasteiger partial charge on any atom is -0.351 e. The van der Waals surface area contributed by atoms with Gasteiger partial charge in [-0.1, -0.05) is 11.9 Å². The smallest absolute Gasteiger partial charge is 0.351 e. The molecule has 3 rings (SSSR count). The van der Waals surface area contributed by atoms with E-state index in [1.165, 1.54) is 0 Å². The van der Waals surface area contributed by atoms with Crippen molar-refractivity contribution in [2.24, 2.45) is 0 Å². The Balaban J connectivity index is 1.89. The number of alkyl halides is 3. The third-order valence-electron chi connectivity index (χ3n) is 4.73. The maximum absolute atomic E-state index is 14.5. The zero-order chi connectivity index (χ0) is 22.1. The van der Waals surface area contributed by atoms with E-state index in [1.54, 1.807) is 30.9 Å². The van der Waals surface area contributed by atoms with Crippen molar-refractivity contribution in [1.82, 2.24) is 24.2 Å². The molecule has 1 fully saturated rings. The van der Waals surface area contributed by atoms with Gasteiger partial charge in [-0.15, -0.1) is 11.3 Å². The molecule has 30 heavy (non-hydrogen) atoms. The summed E-state index contributed by atoms with van der Waals surface area (Å²) in [5.41, 5.74) is -1.49. The van der Waals surface area contributed by atoms with Gasteiger partial charge in [0, 0.05) is 25.2 Å². The molecule has 1 N–H and O–H groups in total. The summed E-state index contributed by atoms with van der Waals surface area (Å²) in [5, 5.41) is 3.40. The van der Waals surface area contributed by atoms with Crippen LogP contribution in [0.3, 0.4) is 0 Å². The monoisotopic (exact) mass is 464 g/mol. The third-order valence-corrected chi connectivity index (χ3v) is 6.79. The summed E-state index contributed by atoms with van der Waals surface area (Å²) in [5.74, 6) is -0.784. The second-order valence-electron chi connectivity index (χ2n) is 7.45. The van der Waals surface area contributed by atoms with Gasteiger partial charge in [0.15, 0.2) is 11.5 Å². The third kappa shape index (κ3) is 5.40. The Morgan fingerprint density at radius 2 is 2.07 bits per heavy atom. The summed E-state index contributed by atoms with van der Waals surface area (Å²) >= 11 is 2.48. The van der Waals surface area contributed by atoms with Crippen LogP contribution in [-0.2, 0) is 12.7 Å². The highest BCUT2D eigenvalue weighted by Crippen LogP contribution is 2.41. The number of aromatic nitrogens is 3. The van der Waals surface area contributed by atoms with Gasteiger partial charge in [0.05, 0.1) is 11.1 Å². The first kappa shape index (κ1) is 23.2. The molecule has 0 bridgehead atoms. The van der Waals surface area contributed by atoms with Crippen molar-refractivity contribution in [3.05, 3.63) is 22.7 Å². The predicted molar refractivity (Wildman–Crippen MR) is 112 cm³/mol. The van der Waals surface area contributed by atoms with Crippen molar-refractivity contribution < 1.29 is 17.6 Å². The molecule has 12 heteroatoms. The van der Waals surface area contributed by atoms with Gasteiger partial charge in [-0.2, -0.15) is 13.2 Å². The van der Waals surface area contributed by atoms with Gasteiger partial charge in [-0.25, -0.2) is 23.6 Å². The maximum Gasteiger partial charge on any atom is 0.434 e. The lowest BCUT2D eigenvalue weighted by atomic mass is 10.0. The van der Waals surface area contributed by atoms with Crippen LogP contribution in [0.5, 0.6) is 0 Å². The zero-order valence-electron chi connectivity index (χ0n) is 17.1. The van der Waals surface area contributed by atoms with Gasteiger partial charge >= 0.3 is 6.18 Å². The Morgan fingerprint density at radius 3 is 2.67 bits per heavy atom. The number of halogens is 4. The van der Waals surface area contributed by atoms with E-state index in [-0.39, 0.29) is 34.1 Å². The van der Waals surface area contributed by atoms with E-state index in [4.69, 9.17) is 0 Å². The number of anilines is 1. The zero-order valence-corrected chi connectivity index (χ0v) is 18.8. The number of thiazole rings is 1. The number of rotatable bonds is 6.